The Morgan fingerprint density at radius 3 is 2.53 bits per heavy atom. The Balaban J connectivity index is 2.11. The first-order chi connectivity index (χ1) is 14.4. The van der Waals surface area contributed by atoms with E-state index in [2.05, 4.69) is 10.4 Å². The molecule has 1 aliphatic rings. The predicted molar refractivity (Wildman–Crippen MR) is 115 cm³/mol. The molecule has 0 saturated carbocycles. The second-order valence-electron chi connectivity index (χ2n) is 7.08. The largest absolute Gasteiger partial charge is 0.465 e. The molecule has 158 valence electrons. The lowest BCUT2D eigenvalue weighted by Crippen LogP contribution is -2.18. The number of aromatic nitrogens is 2. The van der Waals surface area contributed by atoms with E-state index >= 15 is 0 Å². The number of benzene rings is 1. The highest BCUT2D eigenvalue weighted by atomic mass is 16.5. The van der Waals surface area contributed by atoms with Gasteiger partial charge in [0.1, 0.15) is 0 Å². The topological polar surface area (TPSA) is 82.5 Å². The van der Waals surface area contributed by atoms with E-state index in [1.165, 1.54) is 7.11 Å². The molecule has 0 aliphatic carbocycles. The third-order valence-corrected chi connectivity index (χ3v) is 4.93. The van der Waals surface area contributed by atoms with Gasteiger partial charge in [-0.2, -0.15) is 5.10 Å². The molecule has 7 heteroatoms. The molecule has 0 unspecified atom stereocenters. The Morgan fingerprint density at radius 1 is 1.17 bits per heavy atom. The Kier molecular flexibility index (Phi) is 6.40. The number of aryl methyl sites for hydroxylation is 2. The van der Waals surface area contributed by atoms with Crippen molar-refractivity contribution in [2.75, 3.05) is 19.0 Å². The second-order valence-corrected chi connectivity index (χ2v) is 7.08. The molecule has 0 amide bonds. The van der Waals surface area contributed by atoms with E-state index in [0.29, 0.717) is 17.7 Å². The van der Waals surface area contributed by atoms with E-state index < -0.39 is 11.9 Å². The lowest BCUT2D eigenvalue weighted by molar-refractivity contribution is -0.138. The molecule has 7 nitrogen and oxygen atoms in total. The molecule has 2 aromatic rings. The van der Waals surface area contributed by atoms with Crippen LogP contribution in [-0.2, 0) is 20.8 Å². The minimum Gasteiger partial charge on any atom is -0.465 e. The van der Waals surface area contributed by atoms with Gasteiger partial charge in [-0.15, -0.1) is 0 Å². The Hall–Kier alpha value is -3.35. The van der Waals surface area contributed by atoms with Crippen LogP contribution in [0.3, 0.4) is 0 Å². The smallest absolute Gasteiger partial charge is 0.340 e. The maximum absolute atomic E-state index is 12.6. The summed E-state index contributed by atoms with van der Waals surface area (Å²) < 4.78 is 12.1. The van der Waals surface area contributed by atoms with Crippen LogP contribution in [0.1, 0.15) is 53.1 Å². The van der Waals surface area contributed by atoms with E-state index in [-0.39, 0.29) is 6.61 Å². The van der Waals surface area contributed by atoms with E-state index in [9.17, 15) is 9.59 Å². The average molecular weight is 409 g/mol. The quantitative estimate of drug-likeness (QED) is 0.726. The fraction of sp³-hybridized carbons (Fsp3) is 0.348. The monoisotopic (exact) mass is 409 g/mol. The van der Waals surface area contributed by atoms with Crippen molar-refractivity contribution >= 4 is 23.2 Å². The van der Waals surface area contributed by atoms with E-state index in [1.54, 1.807) is 19.2 Å². The average Bonchev–Trinajstić information content (AvgIpc) is 3.04. The predicted octanol–water partition coefficient (Wildman–Crippen LogP) is 4.00. The summed E-state index contributed by atoms with van der Waals surface area (Å²) in [5.41, 5.74) is 5.90. The number of hydrogen-bond donors (Lipinski definition) is 1. The maximum atomic E-state index is 12.6. The number of carbonyl (C=O) groups is 2. The van der Waals surface area contributed by atoms with Crippen LogP contribution in [0.2, 0.25) is 0 Å². The first-order valence-corrected chi connectivity index (χ1v) is 10.0. The molecule has 1 N–H and O–H groups in total. The molecule has 0 spiro atoms. The van der Waals surface area contributed by atoms with Crippen LogP contribution in [0.25, 0.3) is 5.57 Å². The summed E-state index contributed by atoms with van der Waals surface area (Å²) in [6.45, 7) is 8.40. The van der Waals surface area contributed by atoms with Crippen molar-refractivity contribution < 1.29 is 19.1 Å². The van der Waals surface area contributed by atoms with Gasteiger partial charge in [-0.05, 0) is 56.5 Å². The highest BCUT2D eigenvalue weighted by molar-refractivity contribution is 6.10. The highest BCUT2D eigenvalue weighted by Crippen LogP contribution is 2.37. The Morgan fingerprint density at radius 2 is 1.93 bits per heavy atom. The van der Waals surface area contributed by atoms with Crippen LogP contribution in [0.15, 0.2) is 36.0 Å². The minimum atomic E-state index is -0.433. The third-order valence-electron chi connectivity index (χ3n) is 4.93. The van der Waals surface area contributed by atoms with Crippen molar-refractivity contribution in [3.63, 3.8) is 0 Å². The van der Waals surface area contributed by atoms with Gasteiger partial charge in [0.15, 0.2) is 0 Å². The third kappa shape index (κ3) is 4.15. The van der Waals surface area contributed by atoms with Crippen LogP contribution >= 0.6 is 0 Å². The van der Waals surface area contributed by atoms with Gasteiger partial charge in [0.2, 0.25) is 0 Å². The molecule has 1 aromatic heterocycles. The van der Waals surface area contributed by atoms with Crippen molar-refractivity contribution in [2.45, 2.75) is 40.7 Å². The molecule has 1 aliphatic heterocycles. The highest BCUT2D eigenvalue weighted by Gasteiger charge is 2.26. The van der Waals surface area contributed by atoms with Gasteiger partial charge in [-0.3, -0.25) is 4.68 Å². The molecule has 0 saturated heterocycles. The summed E-state index contributed by atoms with van der Waals surface area (Å²) in [5, 5.41) is 7.69. The lowest BCUT2D eigenvalue weighted by atomic mass is 9.90. The van der Waals surface area contributed by atoms with Crippen molar-refractivity contribution in [3.8, 4) is 0 Å². The van der Waals surface area contributed by atoms with Crippen molar-refractivity contribution in [2.24, 2.45) is 0 Å². The van der Waals surface area contributed by atoms with Gasteiger partial charge in [0.05, 0.1) is 37.1 Å². The van der Waals surface area contributed by atoms with Crippen molar-refractivity contribution in [3.05, 3.63) is 64.1 Å². The van der Waals surface area contributed by atoms with Crippen LogP contribution < -0.4 is 5.32 Å². The molecule has 2 heterocycles. The summed E-state index contributed by atoms with van der Waals surface area (Å²) in [7, 11) is 1.36. The van der Waals surface area contributed by atoms with Gasteiger partial charge in [-0.1, -0.05) is 13.0 Å². The molecule has 0 fully saturated rings. The number of esters is 2. The summed E-state index contributed by atoms with van der Waals surface area (Å²) in [4.78, 5) is 25.0. The SMILES string of the molecule is CC/C=C1/C(C(=O)OCC)=CNc2cc(Cn3nc(C)cc3C)c(C(=O)OC)cc21. The van der Waals surface area contributed by atoms with Gasteiger partial charge in [0.25, 0.3) is 0 Å². The summed E-state index contributed by atoms with van der Waals surface area (Å²) >= 11 is 0. The zero-order chi connectivity index (χ0) is 21.8. The molecule has 0 radical (unpaired) electrons. The van der Waals surface area contributed by atoms with E-state index in [1.807, 2.05) is 43.7 Å². The van der Waals surface area contributed by atoms with Crippen molar-refractivity contribution in [1.29, 1.82) is 0 Å². The molecule has 30 heavy (non-hydrogen) atoms. The summed E-state index contributed by atoms with van der Waals surface area (Å²) in [6.07, 6.45) is 4.35. The van der Waals surface area contributed by atoms with Gasteiger partial charge in [-0.25, -0.2) is 9.59 Å². The first-order valence-electron chi connectivity index (χ1n) is 10.0. The molecule has 0 bridgehead atoms. The van der Waals surface area contributed by atoms with E-state index in [0.717, 1.165) is 40.2 Å². The fourth-order valence-electron chi connectivity index (χ4n) is 3.59. The fourth-order valence-corrected chi connectivity index (χ4v) is 3.59. The number of methoxy groups -OCH3 is 1. The van der Waals surface area contributed by atoms with Crippen LogP contribution in [-0.4, -0.2) is 35.4 Å². The number of ether oxygens (including phenoxy) is 2. The Bertz CT molecular complexity index is 1050. The molecular formula is C23H27N3O4. The summed E-state index contributed by atoms with van der Waals surface area (Å²) in [5.74, 6) is -0.834. The van der Waals surface area contributed by atoms with Crippen LogP contribution in [0.5, 0.6) is 0 Å². The zero-order valence-corrected chi connectivity index (χ0v) is 18.0. The zero-order valence-electron chi connectivity index (χ0n) is 18.0. The van der Waals surface area contributed by atoms with Crippen molar-refractivity contribution in [1.82, 2.24) is 9.78 Å². The molecule has 0 atom stereocenters. The van der Waals surface area contributed by atoms with E-state index in [4.69, 9.17) is 9.47 Å². The number of allylic oxidation sites excluding steroid dienone is 1. The van der Waals surface area contributed by atoms with Crippen LogP contribution in [0.4, 0.5) is 5.69 Å². The number of fused-ring (bicyclic) bond motifs is 1. The normalized spacial score (nSPS) is 14.0. The van der Waals surface area contributed by atoms with Gasteiger partial charge >= 0.3 is 11.9 Å². The maximum Gasteiger partial charge on any atom is 0.340 e. The number of anilines is 1. The first kappa shape index (κ1) is 21.4. The Labute approximate surface area is 176 Å². The summed E-state index contributed by atoms with van der Waals surface area (Å²) in [6, 6.07) is 5.69. The minimum absolute atomic E-state index is 0.289. The van der Waals surface area contributed by atoms with Gasteiger partial charge in [0, 0.05) is 23.1 Å². The lowest BCUT2D eigenvalue weighted by Gasteiger charge is -2.23. The van der Waals surface area contributed by atoms with Crippen LogP contribution in [0, 0.1) is 13.8 Å². The van der Waals surface area contributed by atoms with Gasteiger partial charge < -0.3 is 14.8 Å². The number of rotatable bonds is 6. The number of carbonyl (C=O) groups excluding carboxylic acids is 2. The number of nitrogens with zero attached hydrogens (tertiary/aromatic N) is 2. The number of nitrogens with one attached hydrogen (secondary N) is 1. The molecule has 1 aromatic carbocycles. The molecular weight excluding hydrogens is 382 g/mol. The number of hydrogen-bond acceptors (Lipinski definition) is 6. The second kappa shape index (κ2) is 8.98. The standard InChI is InChI=1S/C23H27N3O4/c1-6-8-17-19-11-18(22(27)29-5)16(13-26-15(4)9-14(3)25-26)10-21(19)24-12-20(17)23(28)30-7-2/h8-12,24H,6-7,13H2,1-5H3/b17-8+. The molecule has 3 rings (SSSR count).